The molecule has 3 rings (SSSR count). The van der Waals surface area contributed by atoms with Crippen molar-refractivity contribution in [1.82, 2.24) is 9.97 Å². The fraction of sp³-hybridized carbons (Fsp3) is 0.118. The lowest BCUT2D eigenvalue weighted by atomic mass is 10.2. The smallest absolute Gasteiger partial charge is 0.224 e. The van der Waals surface area contributed by atoms with Crippen LogP contribution in [0, 0.1) is 0 Å². The molecule has 0 fully saturated rings. The number of pyridine rings is 1. The molecule has 0 bridgehead atoms. The molecular formula is C17H14ClN3O2. The molecule has 1 aromatic carbocycles. The summed E-state index contributed by atoms with van der Waals surface area (Å²) in [5.41, 5.74) is 1.57. The highest BCUT2D eigenvalue weighted by atomic mass is 35.5. The summed E-state index contributed by atoms with van der Waals surface area (Å²) in [5, 5.41) is 3.44. The lowest BCUT2D eigenvalue weighted by Crippen LogP contribution is -2.12. The molecule has 3 aromatic rings. The molecule has 0 saturated carbocycles. The first kappa shape index (κ1) is 15.2. The van der Waals surface area contributed by atoms with Crippen LogP contribution in [0.3, 0.4) is 0 Å². The molecular weight excluding hydrogens is 314 g/mol. The van der Waals surface area contributed by atoms with Crippen LogP contribution in [0.1, 0.15) is 12.3 Å². The third-order valence-electron chi connectivity index (χ3n) is 3.19. The van der Waals surface area contributed by atoms with Crippen molar-refractivity contribution in [1.29, 1.82) is 0 Å². The van der Waals surface area contributed by atoms with E-state index in [4.69, 9.17) is 16.0 Å². The second-order valence-corrected chi connectivity index (χ2v) is 5.35. The highest BCUT2D eigenvalue weighted by molar-refractivity contribution is 6.30. The second-order valence-electron chi connectivity index (χ2n) is 4.92. The van der Waals surface area contributed by atoms with Gasteiger partial charge in [-0.15, -0.1) is 0 Å². The van der Waals surface area contributed by atoms with E-state index < -0.39 is 0 Å². The minimum absolute atomic E-state index is 0.107. The van der Waals surface area contributed by atoms with Gasteiger partial charge in [-0.25, -0.2) is 4.98 Å². The van der Waals surface area contributed by atoms with Crippen molar-refractivity contribution in [2.24, 2.45) is 0 Å². The first-order valence-corrected chi connectivity index (χ1v) is 7.49. The van der Waals surface area contributed by atoms with Crippen LogP contribution in [0.5, 0.6) is 0 Å². The van der Waals surface area contributed by atoms with Crippen molar-refractivity contribution >= 4 is 23.2 Å². The van der Waals surface area contributed by atoms with E-state index in [2.05, 4.69) is 15.3 Å². The van der Waals surface area contributed by atoms with Crippen LogP contribution in [-0.4, -0.2) is 15.9 Å². The number of rotatable bonds is 5. The van der Waals surface area contributed by atoms with Gasteiger partial charge in [0.25, 0.3) is 0 Å². The van der Waals surface area contributed by atoms with Crippen LogP contribution in [0.4, 0.5) is 5.69 Å². The fourth-order valence-electron chi connectivity index (χ4n) is 2.05. The molecule has 1 N–H and O–H groups in total. The van der Waals surface area contributed by atoms with E-state index in [1.54, 1.807) is 42.9 Å². The van der Waals surface area contributed by atoms with Crippen LogP contribution >= 0.6 is 11.6 Å². The molecule has 23 heavy (non-hydrogen) atoms. The number of oxazole rings is 1. The summed E-state index contributed by atoms with van der Waals surface area (Å²) >= 11 is 5.86. The lowest BCUT2D eigenvalue weighted by Gasteiger charge is -2.02. The Kier molecular flexibility index (Phi) is 4.68. The van der Waals surface area contributed by atoms with Crippen molar-refractivity contribution in [3.63, 3.8) is 0 Å². The number of benzene rings is 1. The number of halogens is 1. The van der Waals surface area contributed by atoms with Gasteiger partial charge < -0.3 is 9.73 Å². The molecule has 0 radical (unpaired) electrons. The Morgan fingerprint density at radius 2 is 2.00 bits per heavy atom. The number of hydrogen-bond donors (Lipinski definition) is 1. The van der Waals surface area contributed by atoms with Crippen molar-refractivity contribution in [2.45, 2.75) is 12.8 Å². The first-order valence-electron chi connectivity index (χ1n) is 7.11. The van der Waals surface area contributed by atoms with Crippen molar-refractivity contribution in [2.75, 3.05) is 5.32 Å². The molecule has 2 aromatic heterocycles. The molecule has 0 atom stereocenters. The molecule has 6 heteroatoms. The zero-order valence-corrected chi connectivity index (χ0v) is 13.0. The number of nitrogens with zero attached hydrogens (tertiary/aromatic N) is 2. The summed E-state index contributed by atoms with van der Waals surface area (Å²) in [5.74, 6) is 1.07. The second kappa shape index (κ2) is 7.07. The van der Waals surface area contributed by atoms with Crippen LogP contribution in [0.2, 0.25) is 5.02 Å². The summed E-state index contributed by atoms with van der Waals surface area (Å²) in [6.45, 7) is 0. The van der Waals surface area contributed by atoms with Crippen molar-refractivity contribution in [3.05, 3.63) is 65.9 Å². The van der Waals surface area contributed by atoms with E-state index in [0.29, 0.717) is 28.8 Å². The maximum absolute atomic E-state index is 11.9. The number of anilines is 1. The van der Waals surface area contributed by atoms with Gasteiger partial charge in [0.15, 0.2) is 11.7 Å². The zero-order valence-electron chi connectivity index (χ0n) is 12.2. The topological polar surface area (TPSA) is 68.0 Å². The number of amides is 1. The van der Waals surface area contributed by atoms with Crippen LogP contribution in [0.15, 0.2) is 59.4 Å². The lowest BCUT2D eigenvalue weighted by molar-refractivity contribution is -0.116. The molecule has 0 unspecified atom stereocenters. The quantitative estimate of drug-likeness (QED) is 0.770. The fourth-order valence-corrected chi connectivity index (χ4v) is 2.18. The number of aryl methyl sites for hydroxylation is 1. The molecule has 0 aliphatic rings. The van der Waals surface area contributed by atoms with E-state index in [-0.39, 0.29) is 12.3 Å². The highest BCUT2D eigenvalue weighted by Crippen LogP contribution is 2.22. The molecule has 116 valence electrons. The SMILES string of the molecule is O=C(CCc1ncc(-c2ccc(Cl)cc2)o1)Nc1cccnc1. The minimum Gasteiger partial charge on any atom is -0.441 e. The van der Waals surface area contributed by atoms with Gasteiger partial charge in [-0.2, -0.15) is 0 Å². The number of hydrogen-bond acceptors (Lipinski definition) is 4. The maximum Gasteiger partial charge on any atom is 0.224 e. The van der Waals surface area contributed by atoms with Crippen LogP contribution in [0.25, 0.3) is 11.3 Å². The molecule has 0 aliphatic heterocycles. The van der Waals surface area contributed by atoms with Crippen molar-refractivity contribution < 1.29 is 9.21 Å². The van der Waals surface area contributed by atoms with Gasteiger partial charge in [-0.05, 0) is 36.4 Å². The largest absolute Gasteiger partial charge is 0.441 e. The number of carbonyl (C=O) groups excluding carboxylic acids is 1. The molecule has 0 aliphatic carbocycles. The number of aromatic nitrogens is 2. The van der Waals surface area contributed by atoms with E-state index >= 15 is 0 Å². The van der Waals surface area contributed by atoms with Gasteiger partial charge in [-0.3, -0.25) is 9.78 Å². The standard InChI is InChI=1S/C17H14ClN3O2/c18-13-5-3-12(4-6-13)15-11-20-17(23-15)8-7-16(22)21-14-2-1-9-19-10-14/h1-6,9-11H,7-8H2,(H,21,22). The average molecular weight is 328 g/mol. The number of nitrogens with one attached hydrogen (secondary N) is 1. The van der Waals surface area contributed by atoms with E-state index in [1.807, 2.05) is 12.1 Å². The Balaban J connectivity index is 1.57. The Bertz CT molecular complexity index is 785. The van der Waals surface area contributed by atoms with Gasteiger partial charge >= 0.3 is 0 Å². The Labute approximate surface area is 138 Å². The molecule has 0 saturated heterocycles. The molecule has 5 nitrogen and oxygen atoms in total. The van der Waals surface area contributed by atoms with Crippen molar-refractivity contribution in [3.8, 4) is 11.3 Å². The normalized spacial score (nSPS) is 10.5. The summed E-state index contributed by atoms with van der Waals surface area (Å²) < 4.78 is 5.66. The summed E-state index contributed by atoms with van der Waals surface area (Å²) in [6, 6.07) is 10.9. The highest BCUT2D eigenvalue weighted by Gasteiger charge is 2.09. The minimum atomic E-state index is -0.107. The third-order valence-corrected chi connectivity index (χ3v) is 3.45. The van der Waals surface area contributed by atoms with E-state index in [0.717, 1.165) is 5.56 Å². The molecule has 0 spiro atoms. The predicted octanol–water partition coefficient (Wildman–Crippen LogP) is 3.96. The Morgan fingerprint density at radius 3 is 2.74 bits per heavy atom. The van der Waals surface area contributed by atoms with Crippen LogP contribution in [-0.2, 0) is 11.2 Å². The van der Waals surface area contributed by atoms with Gasteiger partial charge in [0.05, 0.1) is 18.1 Å². The number of carbonyl (C=O) groups is 1. The maximum atomic E-state index is 11.9. The zero-order chi connectivity index (χ0) is 16.1. The van der Waals surface area contributed by atoms with E-state index in [1.165, 1.54) is 0 Å². The van der Waals surface area contributed by atoms with Gasteiger partial charge in [0, 0.05) is 29.6 Å². The van der Waals surface area contributed by atoms with Crippen LogP contribution < -0.4 is 5.32 Å². The Morgan fingerprint density at radius 1 is 1.17 bits per heavy atom. The summed E-state index contributed by atoms with van der Waals surface area (Å²) in [6.07, 6.45) is 5.62. The summed E-state index contributed by atoms with van der Waals surface area (Å²) in [4.78, 5) is 20.0. The van der Waals surface area contributed by atoms with Gasteiger partial charge in [0.2, 0.25) is 5.91 Å². The molecule has 1 amide bonds. The Hall–Kier alpha value is -2.66. The first-order chi connectivity index (χ1) is 11.2. The monoisotopic (exact) mass is 327 g/mol. The summed E-state index contributed by atoms with van der Waals surface area (Å²) in [7, 11) is 0. The predicted molar refractivity (Wildman–Crippen MR) is 88.1 cm³/mol. The molecule has 2 heterocycles. The van der Waals surface area contributed by atoms with Gasteiger partial charge in [-0.1, -0.05) is 11.6 Å². The average Bonchev–Trinajstić information content (AvgIpc) is 3.04. The van der Waals surface area contributed by atoms with E-state index in [9.17, 15) is 4.79 Å². The third kappa shape index (κ3) is 4.17. The van der Waals surface area contributed by atoms with Gasteiger partial charge in [0.1, 0.15) is 0 Å².